The first-order valence-corrected chi connectivity index (χ1v) is 5.61. The highest BCUT2D eigenvalue weighted by atomic mass is 16.5. The molecule has 0 fully saturated rings. The molecule has 0 saturated carbocycles. The summed E-state index contributed by atoms with van der Waals surface area (Å²) in [5.41, 5.74) is 6.57. The molecule has 0 radical (unpaired) electrons. The van der Waals surface area contributed by atoms with E-state index in [9.17, 15) is 0 Å². The molecule has 0 aliphatic rings. The van der Waals surface area contributed by atoms with Gasteiger partial charge in [0.15, 0.2) is 0 Å². The number of nitrogens with two attached hydrogens (primary N) is 1. The Morgan fingerprint density at radius 3 is 2.69 bits per heavy atom. The highest BCUT2D eigenvalue weighted by Gasteiger charge is 2.02. The largest absolute Gasteiger partial charge is 0.377 e. The van der Waals surface area contributed by atoms with Crippen LogP contribution in [0, 0.1) is 0 Å². The lowest BCUT2D eigenvalue weighted by molar-refractivity contribution is 0.0845. The first-order chi connectivity index (χ1) is 7.63. The maximum absolute atomic E-state index is 5.52. The van der Waals surface area contributed by atoms with Crippen LogP contribution in [0.4, 0.5) is 5.82 Å². The molecule has 0 spiro atoms. The Hall–Kier alpha value is -1.13. The fraction of sp³-hybridized carbons (Fsp3) is 0.583. The molecule has 0 atom stereocenters. The van der Waals surface area contributed by atoms with Gasteiger partial charge in [0, 0.05) is 26.3 Å². The van der Waals surface area contributed by atoms with E-state index in [0.29, 0.717) is 13.2 Å². The van der Waals surface area contributed by atoms with Crippen molar-refractivity contribution < 1.29 is 4.74 Å². The fourth-order valence-electron chi connectivity index (χ4n) is 1.30. The summed E-state index contributed by atoms with van der Waals surface area (Å²) in [5, 5.41) is 0. The molecule has 1 aromatic heterocycles. The number of pyridine rings is 1. The maximum atomic E-state index is 5.52. The molecule has 1 heterocycles. The van der Waals surface area contributed by atoms with Gasteiger partial charge in [0.2, 0.25) is 0 Å². The number of likely N-dealkylation sites (N-methyl/N-ethyl adjacent to an activating group) is 1. The third kappa shape index (κ3) is 4.16. The van der Waals surface area contributed by atoms with Crippen LogP contribution in [0.5, 0.6) is 0 Å². The van der Waals surface area contributed by atoms with Crippen LogP contribution in [0.1, 0.15) is 19.4 Å². The maximum Gasteiger partial charge on any atom is 0.128 e. The van der Waals surface area contributed by atoms with Gasteiger partial charge in [-0.2, -0.15) is 0 Å². The van der Waals surface area contributed by atoms with Crippen molar-refractivity contribution in [1.29, 1.82) is 0 Å². The van der Waals surface area contributed by atoms with Gasteiger partial charge in [-0.3, -0.25) is 0 Å². The summed E-state index contributed by atoms with van der Waals surface area (Å²) in [6, 6.07) is 3.99. The zero-order valence-electron chi connectivity index (χ0n) is 10.3. The monoisotopic (exact) mass is 223 g/mol. The van der Waals surface area contributed by atoms with E-state index in [1.54, 1.807) is 0 Å². The Balaban J connectivity index is 2.43. The Kier molecular flexibility index (Phi) is 5.22. The zero-order chi connectivity index (χ0) is 12.0. The van der Waals surface area contributed by atoms with E-state index in [2.05, 4.69) is 9.88 Å². The molecule has 1 aromatic rings. The van der Waals surface area contributed by atoms with Gasteiger partial charge in [-0.1, -0.05) is 6.07 Å². The van der Waals surface area contributed by atoms with Gasteiger partial charge in [0.05, 0.1) is 12.7 Å². The quantitative estimate of drug-likeness (QED) is 0.792. The van der Waals surface area contributed by atoms with E-state index in [1.165, 1.54) is 0 Å². The van der Waals surface area contributed by atoms with E-state index in [4.69, 9.17) is 10.5 Å². The van der Waals surface area contributed by atoms with Crippen molar-refractivity contribution in [3.05, 3.63) is 23.9 Å². The second-order valence-corrected chi connectivity index (χ2v) is 4.07. The van der Waals surface area contributed by atoms with Crippen LogP contribution >= 0.6 is 0 Å². The number of rotatable bonds is 6. The van der Waals surface area contributed by atoms with Gasteiger partial charge >= 0.3 is 0 Å². The molecule has 0 saturated heterocycles. The predicted octanol–water partition coefficient (Wildman–Crippen LogP) is 1.40. The summed E-state index contributed by atoms with van der Waals surface area (Å²) >= 11 is 0. The van der Waals surface area contributed by atoms with Crippen LogP contribution < -0.4 is 10.6 Å². The number of aromatic nitrogens is 1. The molecular formula is C12H21N3O. The molecule has 0 aromatic carbocycles. The van der Waals surface area contributed by atoms with Crippen LogP contribution in [0.15, 0.2) is 18.3 Å². The highest BCUT2D eigenvalue weighted by molar-refractivity contribution is 5.38. The molecule has 4 heteroatoms. The second-order valence-electron chi connectivity index (χ2n) is 4.07. The van der Waals surface area contributed by atoms with E-state index >= 15 is 0 Å². The topological polar surface area (TPSA) is 51.4 Å². The summed E-state index contributed by atoms with van der Waals surface area (Å²) in [7, 11) is 2.01. The van der Waals surface area contributed by atoms with E-state index in [0.717, 1.165) is 17.9 Å². The van der Waals surface area contributed by atoms with Crippen LogP contribution in [0.2, 0.25) is 0 Å². The molecule has 16 heavy (non-hydrogen) atoms. The molecule has 90 valence electrons. The average molecular weight is 223 g/mol. The molecule has 0 unspecified atom stereocenters. The minimum Gasteiger partial charge on any atom is -0.377 e. The zero-order valence-corrected chi connectivity index (χ0v) is 10.3. The molecule has 2 N–H and O–H groups in total. The molecule has 0 aliphatic carbocycles. The molecule has 1 rings (SSSR count). The number of hydrogen-bond acceptors (Lipinski definition) is 4. The van der Waals surface area contributed by atoms with Crippen LogP contribution in [-0.2, 0) is 11.3 Å². The van der Waals surface area contributed by atoms with Crippen molar-refractivity contribution >= 4 is 5.82 Å². The Morgan fingerprint density at radius 2 is 2.19 bits per heavy atom. The highest BCUT2D eigenvalue weighted by Crippen LogP contribution is 2.08. The summed E-state index contributed by atoms with van der Waals surface area (Å²) in [4.78, 5) is 6.41. The second kappa shape index (κ2) is 6.45. The first-order valence-electron chi connectivity index (χ1n) is 5.61. The van der Waals surface area contributed by atoms with Gasteiger partial charge in [0.1, 0.15) is 5.82 Å². The van der Waals surface area contributed by atoms with Gasteiger partial charge in [-0.15, -0.1) is 0 Å². The molecular weight excluding hydrogens is 202 g/mol. The van der Waals surface area contributed by atoms with Gasteiger partial charge < -0.3 is 15.4 Å². The lowest BCUT2D eigenvalue weighted by atomic mass is 10.3. The molecule has 0 amide bonds. The van der Waals surface area contributed by atoms with Crippen molar-refractivity contribution in [1.82, 2.24) is 4.98 Å². The number of ether oxygens (including phenoxy) is 1. The van der Waals surface area contributed by atoms with E-state index < -0.39 is 0 Å². The predicted molar refractivity (Wildman–Crippen MR) is 66.5 cm³/mol. The van der Waals surface area contributed by atoms with Crippen molar-refractivity contribution in [2.45, 2.75) is 26.5 Å². The molecule has 0 bridgehead atoms. The minimum absolute atomic E-state index is 0.279. The number of anilines is 1. The SMILES string of the molecule is CC(C)OCCN(C)c1ccc(CN)cn1. The van der Waals surface area contributed by atoms with E-state index in [-0.39, 0.29) is 6.10 Å². The standard InChI is InChI=1S/C12H21N3O/c1-10(2)16-7-6-15(3)12-5-4-11(8-13)9-14-12/h4-5,9-10H,6-8,13H2,1-3H3. The minimum atomic E-state index is 0.279. The van der Waals surface area contributed by atoms with Crippen LogP contribution in [-0.4, -0.2) is 31.3 Å². The normalized spacial score (nSPS) is 10.8. The third-order valence-corrected chi connectivity index (χ3v) is 2.31. The van der Waals surface area contributed by atoms with Gasteiger partial charge in [-0.05, 0) is 25.5 Å². The Bertz CT molecular complexity index is 298. The van der Waals surface area contributed by atoms with Crippen LogP contribution in [0.3, 0.4) is 0 Å². The summed E-state index contributed by atoms with van der Waals surface area (Å²) in [5.74, 6) is 0.949. The lowest BCUT2D eigenvalue weighted by Gasteiger charge is -2.19. The lowest BCUT2D eigenvalue weighted by Crippen LogP contribution is -2.24. The molecule has 4 nitrogen and oxygen atoms in total. The third-order valence-electron chi connectivity index (χ3n) is 2.31. The Morgan fingerprint density at radius 1 is 1.44 bits per heavy atom. The summed E-state index contributed by atoms with van der Waals surface area (Å²) < 4.78 is 5.49. The molecule has 0 aliphatic heterocycles. The van der Waals surface area contributed by atoms with Crippen LogP contribution in [0.25, 0.3) is 0 Å². The van der Waals surface area contributed by atoms with Crippen molar-refractivity contribution in [2.24, 2.45) is 5.73 Å². The van der Waals surface area contributed by atoms with Gasteiger partial charge in [-0.25, -0.2) is 4.98 Å². The van der Waals surface area contributed by atoms with Crippen molar-refractivity contribution in [2.75, 3.05) is 25.1 Å². The fourth-order valence-corrected chi connectivity index (χ4v) is 1.30. The smallest absolute Gasteiger partial charge is 0.128 e. The summed E-state index contributed by atoms with van der Waals surface area (Å²) in [6.45, 7) is 6.16. The van der Waals surface area contributed by atoms with E-state index in [1.807, 2.05) is 39.2 Å². The summed E-state index contributed by atoms with van der Waals surface area (Å²) in [6.07, 6.45) is 2.09. The number of hydrogen-bond donors (Lipinski definition) is 1. The van der Waals surface area contributed by atoms with Gasteiger partial charge in [0.25, 0.3) is 0 Å². The van der Waals surface area contributed by atoms with Crippen molar-refractivity contribution in [3.8, 4) is 0 Å². The van der Waals surface area contributed by atoms with Crippen molar-refractivity contribution in [3.63, 3.8) is 0 Å². The Labute approximate surface area is 97.4 Å². The number of nitrogens with zero attached hydrogens (tertiary/aromatic N) is 2. The first kappa shape index (κ1) is 12.9. The average Bonchev–Trinajstić information content (AvgIpc) is 2.28.